The zero-order valence-electron chi connectivity index (χ0n) is 22.1. The Kier molecular flexibility index (Phi) is 7.89. The first-order valence-electron chi connectivity index (χ1n) is 12.8. The first kappa shape index (κ1) is 28.2. The van der Waals surface area contributed by atoms with Crippen LogP contribution in [0, 0.1) is 0 Å². The maximum Gasteiger partial charge on any atom is 0.269 e. The number of carbonyl (C=O) groups excluding carboxylic acids is 2. The number of methoxy groups -OCH3 is 1. The summed E-state index contributed by atoms with van der Waals surface area (Å²) in [6.45, 7) is 0. The molecule has 1 N–H and O–H groups in total. The lowest BCUT2D eigenvalue weighted by molar-refractivity contribution is -0.130. The zero-order chi connectivity index (χ0) is 29.4. The van der Waals surface area contributed by atoms with Crippen LogP contribution in [-0.2, 0) is 4.79 Å². The summed E-state index contributed by atoms with van der Waals surface area (Å²) in [5, 5.41) is 1.44. The highest BCUT2D eigenvalue weighted by Gasteiger charge is 2.34. The van der Waals surface area contributed by atoms with Crippen molar-refractivity contribution in [3.05, 3.63) is 121 Å². The number of ether oxygens (including phenoxy) is 1. The normalized spacial score (nSPS) is 14.8. The molecule has 1 aliphatic heterocycles. The van der Waals surface area contributed by atoms with E-state index in [0.717, 1.165) is 15.6 Å². The van der Waals surface area contributed by atoms with E-state index in [4.69, 9.17) is 9.72 Å². The maximum atomic E-state index is 13.9. The topological polar surface area (TPSA) is 93.5 Å². The van der Waals surface area contributed by atoms with E-state index in [9.17, 15) is 14.4 Å². The van der Waals surface area contributed by atoms with Gasteiger partial charge in [0.15, 0.2) is 0 Å². The summed E-state index contributed by atoms with van der Waals surface area (Å²) < 4.78 is 8.21. The van der Waals surface area contributed by atoms with E-state index >= 15 is 0 Å². The van der Waals surface area contributed by atoms with Gasteiger partial charge in [-0.05, 0) is 70.0 Å². The molecule has 210 valence electrons. The monoisotopic (exact) mass is 704 g/mol. The van der Waals surface area contributed by atoms with Crippen molar-refractivity contribution in [2.45, 2.75) is 5.37 Å². The molecule has 1 fully saturated rings. The number of nitrogens with one attached hydrogen (secondary N) is 1. The quantitative estimate of drug-likeness (QED) is 0.217. The second-order valence-corrected chi connectivity index (χ2v) is 12.3. The Bertz CT molecular complexity index is 1880. The van der Waals surface area contributed by atoms with Gasteiger partial charge in [0.1, 0.15) is 16.9 Å². The molecule has 1 atom stereocenters. The predicted octanol–water partition coefficient (Wildman–Crippen LogP) is 6.51. The Morgan fingerprint density at radius 3 is 2.38 bits per heavy atom. The summed E-state index contributed by atoms with van der Waals surface area (Å²) in [4.78, 5) is 44.7. The molecule has 0 spiro atoms. The second-order valence-electron chi connectivity index (χ2n) is 9.41. The Morgan fingerprint density at radius 1 is 0.976 bits per heavy atom. The van der Waals surface area contributed by atoms with E-state index in [1.165, 1.54) is 16.8 Å². The molecule has 5 aromatic rings. The summed E-state index contributed by atoms with van der Waals surface area (Å²) in [7, 11) is 1.59. The number of halogens is 2. The lowest BCUT2D eigenvalue weighted by atomic mass is 10.1. The highest BCUT2D eigenvalue weighted by atomic mass is 79.9. The van der Waals surface area contributed by atoms with Gasteiger partial charge in [0.2, 0.25) is 0 Å². The van der Waals surface area contributed by atoms with Crippen molar-refractivity contribution in [1.29, 1.82) is 0 Å². The lowest BCUT2D eigenvalue weighted by Crippen LogP contribution is -2.44. The lowest BCUT2D eigenvalue weighted by Gasteiger charge is -2.24. The van der Waals surface area contributed by atoms with E-state index in [1.807, 2.05) is 60.7 Å². The van der Waals surface area contributed by atoms with E-state index in [2.05, 4.69) is 37.3 Å². The number of thioether (sulfide) groups is 1. The molecule has 1 saturated heterocycles. The summed E-state index contributed by atoms with van der Waals surface area (Å²) in [6, 6.07) is 27.1. The van der Waals surface area contributed by atoms with Crippen LogP contribution in [0.4, 0.5) is 0 Å². The number of rotatable bonds is 6. The fourth-order valence-electron chi connectivity index (χ4n) is 4.73. The molecule has 2 amide bonds. The Morgan fingerprint density at radius 2 is 1.69 bits per heavy atom. The van der Waals surface area contributed by atoms with E-state index in [1.54, 1.807) is 42.0 Å². The number of fused-ring (bicyclic) bond motifs is 1. The van der Waals surface area contributed by atoms with Crippen LogP contribution in [0.3, 0.4) is 0 Å². The SMILES string of the molecule is COc1ccc(C2SCC(=O)N2NC(=O)c2ccc(-n3c(-c4ccccc4)nc4c(Br)cc(Br)cc4c3=O)cc2)cc1. The standard InChI is InChI=1S/C31H22Br2N4O4S/c1-41-23-13-9-20(10-14-23)31-37(26(38)17-42-31)35-29(39)19-7-11-22(12-8-19)36-28(18-5-3-2-4-6-18)34-27-24(30(36)40)15-21(32)16-25(27)33/h2-16,31H,17H2,1H3,(H,35,39). The van der Waals surface area contributed by atoms with E-state index in [-0.39, 0.29) is 22.6 Å². The molecular formula is C31H22Br2N4O4S. The molecule has 1 aliphatic rings. The Hall–Kier alpha value is -3.93. The second kappa shape index (κ2) is 11.7. The van der Waals surface area contributed by atoms with Crippen LogP contribution in [-0.4, -0.2) is 39.2 Å². The minimum Gasteiger partial charge on any atom is -0.497 e. The molecule has 0 bridgehead atoms. The van der Waals surface area contributed by atoms with E-state index in [0.29, 0.717) is 38.2 Å². The molecule has 1 unspecified atom stereocenters. The average molecular weight is 706 g/mol. The molecule has 8 nitrogen and oxygen atoms in total. The van der Waals surface area contributed by atoms with Crippen LogP contribution in [0.2, 0.25) is 0 Å². The highest BCUT2D eigenvalue weighted by molar-refractivity contribution is 9.11. The van der Waals surface area contributed by atoms with Gasteiger partial charge in [-0.1, -0.05) is 58.4 Å². The predicted molar refractivity (Wildman–Crippen MR) is 171 cm³/mol. The number of hydrogen-bond acceptors (Lipinski definition) is 6. The summed E-state index contributed by atoms with van der Waals surface area (Å²) in [5.74, 6) is 0.804. The van der Waals surface area contributed by atoms with Gasteiger partial charge >= 0.3 is 0 Å². The molecular weight excluding hydrogens is 684 g/mol. The molecule has 4 aromatic carbocycles. The smallest absolute Gasteiger partial charge is 0.269 e. The largest absolute Gasteiger partial charge is 0.497 e. The summed E-state index contributed by atoms with van der Waals surface area (Å²) >= 11 is 8.44. The van der Waals surface area contributed by atoms with Crippen molar-refractivity contribution in [1.82, 2.24) is 20.0 Å². The number of hydrazine groups is 1. The van der Waals surface area contributed by atoms with Crippen LogP contribution in [0.15, 0.2) is 105 Å². The summed E-state index contributed by atoms with van der Waals surface area (Å²) in [5.41, 5.74) is 5.59. The van der Waals surface area contributed by atoms with Crippen LogP contribution in [0.25, 0.3) is 28.0 Å². The van der Waals surface area contributed by atoms with Gasteiger partial charge in [-0.2, -0.15) is 0 Å². The van der Waals surface area contributed by atoms with Crippen molar-refractivity contribution in [3.8, 4) is 22.8 Å². The fraction of sp³-hybridized carbons (Fsp3) is 0.0968. The first-order valence-corrected chi connectivity index (χ1v) is 15.4. The average Bonchev–Trinajstić information content (AvgIpc) is 3.37. The minimum absolute atomic E-state index is 0.190. The molecule has 0 aliphatic carbocycles. The minimum atomic E-state index is -0.434. The van der Waals surface area contributed by atoms with Crippen LogP contribution in [0.5, 0.6) is 5.75 Å². The van der Waals surface area contributed by atoms with Gasteiger partial charge in [-0.3, -0.25) is 24.4 Å². The number of hydrogen-bond donors (Lipinski definition) is 1. The van der Waals surface area contributed by atoms with Gasteiger partial charge in [-0.25, -0.2) is 9.99 Å². The van der Waals surface area contributed by atoms with Crippen molar-refractivity contribution < 1.29 is 14.3 Å². The highest BCUT2D eigenvalue weighted by Crippen LogP contribution is 2.38. The van der Waals surface area contributed by atoms with Crippen LogP contribution in [0.1, 0.15) is 21.3 Å². The zero-order valence-corrected chi connectivity index (χ0v) is 26.1. The Balaban J connectivity index is 1.33. The van der Waals surface area contributed by atoms with Crippen molar-refractivity contribution in [2.24, 2.45) is 0 Å². The fourth-order valence-corrected chi connectivity index (χ4v) is 7.15. The summed E-state index contributed by atoms with van der Waals surface area (Å²) in [6.07, 6.45) is 0. The number of nitrogens with zero attached hydrogens (tertiary/aromatic N) is 3. The van der Waals surface area contributed by atoms with Crippen molar-refractivity contribution in [3.63, 3.8) is 0 Å². The van der Waals surface area contributed by atoms with Crippen molar-refractivity contribution in [2.75, 3.05) is 12.9 Å². The van der Waals surface area contributed by atoms with E-state index < -0.39 is 5.91 Å². The third kappa shape index (κ3) is 5.35. The molecule has 11 heteroatoms. The number of amides is 2. The van der Waals surface area contributed by atoms with Crippen molar-refractivity contribution >= 4 is 66.3 Å². The van der Waals surface area contributed by atoms with Gasteiger partial charge in [0.25, 0.3) is 17.4 Å². The molecule has 42 heavy (non-hydrogen) atoms. The van der Waals surface area contributed by atoms with Gasteiger partial charge < -0.3 is 4.74 Å². The Labute approximate surface area is 261 Å². The first-order chi connectivity index (χ1) is 20.3. The number of aromatic nitrogens is 2. The molecule has 1 aromatic heterocycles. The third-order valence-corrected chi connectivity index (χ3v) is 9.08. The van der Waals surface area contributed by atoms with Gasteiger partial charge in [-0.15, -0.1) is 11.8 Å². The molecule has 2 heterocycles. The van der Waals surface area contributed by atoms with Crippen LogP contribution < -0.4 is 15.7 Å². The molecule has 0 saturated carbocycles. The number of benzene rings is 4. The molecule has 0 radical (unpaired) electrons. The van der Waals surface area contributed by atoms with Gasteiger partial charge in [0, 0.05) is 20.1 Å². The van der Waals surface area contributed by atoms with Crippen LogP contribution >= 0.6 is 43.6 Å². The van der Waals surface area contributed by atoms with Gasteiger partial charge in [0.05, 0.1) is 29.5 Å². The number of carbonyl (C=O) groups is 2. The maximum absolute atomic E-state index is 13.9. The third-order valence-electron chi connectivity index (χ3n) is 6.80. The molecule has 6 rings (SSSR count).